The van der Waals surface area contributed by atoms with E-state index < -0.39 is 0 Å². The van der Waals surface area contributed by atoms with Crippen molar-refractivity contribution in [2.24, 2.45) is 4.99 Å². The molecule has 0 aromatic heterocycles. The van der Waals surface area contributed by atoms with Crippen LogP contribution in [0.25, 0.3) is 0 Å². The standard InChI is InChI=1S/C17H25N3O2/c1-18-17(19-10-7-14-8-11-22-12-9-14)20-13-15-3-5-16(21-2)6-4-15/h3-6,8H,7,9-13H2,1-2H3,(H2,18,19,20). The first-order valence-corrected chi connectivity index (χ1v) is 7.65. The maximum absolute atomic E-state index is 5.31. The average Bonchev–Trinajstić information content (AvgIpc) is 2.59. The van der Waals surface area contributed by atoms with Crippen LogP contribution < -0.4 is 15.4 Å². The van der Waals surface area contributed by atoms with Gasteiger partial charge in [-0.15, -0.1) is 0 Å². The van der Waals surface area contributed by atoms with Crippen molar-refractivity contribution in [2.75, 3.05) is 33.9 Å². The largest absolute Gasteiger partial charge is 0.497 e. The zero-order valence-electron chi connectivity index (χ0n) is 13.4. The first-order chi connectivity index (χ1) is 10.8. The van der Waals surface area contributed by atoms with Gasteiger partial charge in [-0.2, -0.15) is 0 Å². The van der Waals surface area contributed by atoms with Gasteiger partial charge < -0.3 is 20.1 Å². The van der Waals surface area contributed by atoms with E-state index in [0.29, 0.717) is 0 Å². The second-order valence-corrected chi connectivity index (χ2v) is 5.14. The molecule has 0 bridgehead atoms. The fourth-order valence-corrected chi connectivity index (χ4v) is 2.28. The van der Waals surface area contributed by atoms with E-state index in [2.05, 4.69) is 21.7 Å². The number of nitrogens with zero attached hydrogens (tertiary/aromatic N) is 1. The Hall–Kier alpha value is -2.01. The first-order valence-electron chi connectivity index (χ1n) is 7.65. The molecule has 0 atom stereocenters. The van der Waals surface area contributed by atoms with E-state index in [4.69, 9.17) is 9.47 Å². The Morgan fingerprint density at radius 2 is 2.09 bits per heavy atom. The van der Waals surface area contributed by atoms with Gasteiger partial charge in [-0.25, -0.2) is 0 Å². The Balaban J connectivity index is 1.71. The summed E-state index contributed by atoms with van der Waals surface area (Å²) >= 11 is 0. The fourth-order valence-electron chi connectivity index (χ4n) is 2.28. The molecule has 5 heteroatoms. The van der Waals surface area contributed by atoms with E-state index >= 15 is 0 Å². The second-order valence-electron chi connectivity index (χ2n) is 5.14. The lowest BCUT2D eigenvalue weighted by molar-refractivity contribution is 0.153. The minimum Gasteiger partial charge on any atom is -0.497 e. The normalized spacial score (nSPS) is 15.2. The van der Waals surface area contributed by atoms with E-state index in [9.17, 15) is 0 Å². The van der Waals surface area contributed by atoms with Crippen LogP contribution in [0.2, 0.25) is 0 Å². The molecule has 0 saturated carbocycles. The number of hydrogen-bond donors (Lipinski definition) is 2. The molecule has 2 rings (SSSR count). The molecule has 1 aliphatic rings. The van der Waals surface area contributed by atoms with E-state index in [1.165, 1.54) is 11.1 Å². The molecule has 0 fully saturated rings. The highest BCUT2D eigenvalue weighted by atomic mass is 16.5. The third-order valence-corrected chi connectivity index (χ3v) is 3.64. The van der Waals surface area contributed by atoms with Crippen LogP contribution in [0.5, 0.6) is 5.75 Å². The van der Waals surface area contributed by atoms with Crippen LogP contribution in [-0.4, -0.2) is 39.9 Å². The molecule has 0 amide bonds. The highest BCUT2D eigenvalue weighted by molar-refractivity contribution is 5.79. The van der Waals surface area contributed by atoms with Gasteiger partial charge >= 0.3 is 0 Å². The maximum Gasteiger partial charge on any atom is 0.191 e. The second kappa shape index (κ2) is 9.10. The lowest BCUT2D eigenvalue weighted by atomic mass is 10.1. The van der Waals surface area contributed by atoms with Crippen molar-refractivity contribution >= 4 is 5.96 Å². The number of rotatable bonds is 6. The smallest absolute Gasteiger partial charge is 0.191 e. The molecule has 2 N–H and O–H groups in total. The minimum atomic E-state index is 0.736. The molecular weight excluding hydrogens is 278 g/mol. The molecule has 120 valence electrons. The summed E-state index contributed by atoms with van der Waals surface area (Å²) in [6, 6.07) is 8.02. The number of nitrogens with one attached hydrogen (secondary N) is 2. The molecule has 1 aliphatic heterocycles. The van der Waals surface area contributed by atoms with Crippen molar-refractivity contribution in [2.45, 2.75) is 19.4 Å². The van der Waals surface area contributed by atoms with Gasteiger partial charge in [0.15, 0.2) is 5.96 Å². The summed E-state index contributed by atoms with van der Waals surface area (Å²) in [5, 5.41) is 6.66. The highest BCUT2D eigenvalue weighted by Gasteiger charge is 2.04. The van der Waals surface area contributed by atoms with Crippen LogP contribution in [0.3, 0.4) is 0 Å². The predicted octanol–water partition coefficient (Wildman–Crippen LogP) is 2.10. The third kappa shape index (κ3) is 5.41. The van der Waals surface area contributed by atoms with Crippen molar-refractivity contribution in [3.8, 4) is 5.75 Å². The van der Waals surface area contributed by atoms with Gasteiger partial charge in [0.2, 0.25) is 0 Å². The molecule has 0 radical (unpaired) electrons. The summed E-state index contributed by atoms with van der Waals surface area (Å²) in [4.78, 5) is 4.25. The monoisotopic (exact) mass is 303 g/mol. The Bertz CT molecular complexity index is 509. The van der Waals surface area contributed by atoms with Gasteiger partial charge in [-0.05, 0) is 30.5 Å². The zero-order chi connectivity index (χ0) is 15.6. The molecule has 1 aromatic rings. The van der Waals surface area contributed by atoms with Crippen LogP contribution in [-0.2, 0) is 11.3 Å². The Labute approximate surface area is 132 Å². The van der Waals surface area contributed by atoms with Gasteiger partial charge in [0.05, 0.1) is 20.3 Å². The van der Waals surface area contributed by atoms with Crippen LogP contribution >= 0.6 is 0 Å². The number of benzene rings is 1. The van der Waals surface area contributed by atoms with Crippen molar-refractivity contribution in [1.82, 2.24) is 10.6 Å². The first kappa shape index (κ1) is 16.4. The number of hydrogen-bond acceptors (Lipinski definition) is 3. The number of guanidine groups is 1. The van der Waals surface area contributed by atoms with Crippen molar-refractivity contribution in [3.05, 3.63) is 41.5 Å². The summed E-state index contributed by atoms with van der Waals surface area (Å²) < 4.78 is 10.5. The van der Waals surface area contributed by atoms with E-state index in [1.54, 1.807) is 14.2 Å². The Morgan fingerprint density at radius 3 is 2.73 bits per heavy atom. The third-order valence-electron chi connectivity index (χ3n) is 3.64. The number of aliphatic imine (C=N–C) groups is 1. The summed E-state index contributed by atoms with van der Waals surface area (Å²) in [6.07, 6.45) is 4.25. The van der Waals surface area contributed by atoms with Gasteiger partial charge in [-0.3, -0.25) is 4.99 Å². The van der Waals surface area contributed by atoms with Crippen LogP contribution in [0.15, 0.2) is 40.9 Å². The SMILES string of the molecule is CN=C(NCCC1=CCOCC1)NCc1ccc(OC)cc1. The zero-order valence-corrected chi connectivity index (χ0v) is 13.4. The Kier molecular flexibility index (Phi) is 6.77. The lowest BCUT2D eigenvalue weighted by Gasteiger charge is -2.15. The highest BCUT2D eigenvalue weighted by Crippen LogP contribution is 2.11. The van der Waals surface area contributed by atoms with Crippen LogP contribution in [0, 0.1) is 0 Å². The molecule has 0 spiro atoms. The molecule has 22 heavy (non-hydrogen) atoms. The van der Waals surface area contributed by atoms with Gasteiger partial charge in [0, 0.05) is 20.1 Å². The summed E-state index contributed by atoms with van der Waals surface area (Å²) in [6.45, 7) is 3.21. The molecule has 0 saturated heterocycles. The van der Waals surface area contributed by atoms with Gasteiger partial charge in [-0.1, -0.05) is 23.8 Å². The number of methoxy groups -OCH3 is 1. The maximum atomic E-state index is 5.31. The number of ether oxygens (including phenoxy) is 2. The Morgan fingerprint density at radius 1 is 1.27 bits per heavy atom. The molecular formula is C17H25N3O2. The van der Waals surface area contributed by atoms with Gasteiger partial charge in [0.25, 0.3) is 0 Å². The quantitative estimate of drug-likeness (QED) is 0.480. The summed E-state index contributed by atoms with van der Waals surface area (Å²) in [7, 11) is 3.46. The summed E-state index contributed by atoms with van der Waals surface area (Å²) in [5.41, 5.74) is 2.65. The van der Waals surface area contributed by atoms with E-state index in [-0.39, 0.29) is 0 Å². The minimum absolute atomic E-state index is 0.736. The van der Waals surface area contributed by atoms with Crippen molar-refractivity contribution in [1.29, 1.82) is 0 Å². The van der Waals surface area contributed by atoms with Gasteiger partial charge in [0.1, 0.15) is 5.75 Å². The van der Waals surface area contributed by atoms with Crippen LogP contribution in [0.1, 0.15) is 18.4 Å². The molecule has 1 aromatic carbocycles. The predicted molar refractivity (Wildman–Crippen MR) is 89.3 cm³/mol. The van der Waals surface area contributed by atoms with Crippen molar-refractivity contribution in [3.63, 3.8) is 0 Å². The van der Waals surface area contributed by atoms with E-state index in [1.807, 2.05) is 24.3 Å². The summed E-state index contributed by atoms with van der Waals surface area (Å²) in [5.74, 6) is 1.69. The fraction of sp³-hybridized carbons (Fsp3) is 0.471. The van der Waals surface area contributed by atoms with Crippen LogP contribution in [0.4, 0.5) is 0 Å². The molecule has 0 unspecified atom stereocenters. The topological polar surface area (TPSA) is 54.9 Å². The molecule has 1 heterocycles. The molecule has 5 nitrogen and oxygen atoms in total. The average molecular weight is 303 g/mol. The van der Waals surface area contributed by atoms with E-state index in [0.717, 1.165) is 50.9 Å². The lowest BCUT2D eigenvalue weighted by Crippen LogP contribution is -2.37. The van der Waals surface area contributed by atoms with Crippen molar-refractivity contribution < 1.29 is 9.47 Å². The molecule has 0 aliphatic carbocycles.